The number of benzene rings is 1. The second-order valence-electron chi connectivity index (χ2n) is 8.51. The number of hydrogen-bond acceptors (Lipinski definition) is 2. The third kappa shape index (κ3) is 5.02. The Hall–Kier alpha value is -2.04. The Kier molecular flexibility index (Phi) is 6.40. The smallest absolute Gasteiger partial charge is 0.315 e. The molecule has 27 heavy (non-hydrogen) atoms. The van der Waals surface area contributed by atoms with Crippen molar-refractivity contribution in [3.05, 3.63) is 35.4 Å². The van der Waals surface area contributed by atoms with Crippen molar-refractivity contribution in [3.8, 4) is 0 Å². The molecule has 0 bridgehead atoms. The van der Waals surface area contributed by atoms with Crippen LogP contribution in [0.15, 0.2) is 24.3 Å². The maximum atomic E-state index is 12.3. The van der Waals surface area contributed by atoms with Crippen molar-refractivity contribution < 1.29 is 9.59 Å². The number of amides is 3. The molecule has 5 heteroatoms. The summed E-state index contributed by atoms with van der Waals surface area (Å²) >= 11 is 0. The molecule has 1 aliphatic carbocycles. The molecule has 3 rings (SSSR count). The molecule has 5 nitrogen and oxygen atoms in total. The summed E-state index contributed by atoms with van der Waals surface area (Å²) < 4.78 is 0. The standard InChI is InChI=1S/C22H33N3O2/c1-22(2)13-11-19(17-9-5-6-10-18(17)22)24-21(27)23-14-12-20(26)25-15-7-3-4-8-16-25/h5-6,9-10,19H,3-4,7-8,11-16H2,1-2H3,(H2,23,24,27). The van der Waals surface area contributed by atoms with Crippen LogP contribution < -0.4 is 10.6 Å². The van der Waals surface area contributed by atoms with Gasteiger partial charge in [-0.15, -0.1) is 0 Å². The zero-order valence-corrected chi connectivity index (χ0v) is 16.7. The van der Waals surface area contributed by atoms with Crippen molar-refractivity contribution in [2.24, 2.45) is 0 Å². The van der Waals surface area contributed by atoms with Crippen molar-refractivity contribution in [3.63, 3.8) is 0 Å². The van der Waals surface area contributed by atoms with Crippen molar-refractivity contribution in [2.75, 3.05) is 19.6 Å². The van der Waals surface area contributed by atoms with Crippen LogP contribution in [0.4, 0.5) is 4.79 Å². The number of fused-ring (bicyclic) bond motifs is 1. The van der Waals surface area contributed by atoms with Crippen molar-refractivity contribution in [1.82, 2.24) is 15.5 Å². The Morgan fingerprint density at radius 2 is 1.81 bits per heavy atom. The maximum absolute atomic E-state index is 12.3. The highest BCUT2D eigenvalue weighted by molar-refractivity contribution is 5.78. The Bertz CT molecular complexity index is 663. The largest absolute Gasteiger partial charge is 0.343 e. The third-order valence-corrected chi connectivity index (χ3v) is 6.01. The normalized spacial score (nSPS) is 21.7. The number of carbonyl (C=O) groups is 2. The van der Waals surface area contributed by atoms with Crippen LogP contribution in [0.3, 0.4) is 0 Å². The lowest BCUT2D eigenvalue weighted by Gasteiger charge is -2.37. The zero-order valence-electron chi connectivity index (χ0n) is 16.7. The quantitative estimate of drug-likeness (QED) is 0.843. The van der Waals surface area contributed by atoms with Gasteiger partial charge in [0, 0.05) is 26.1 Å². The van der Waals surface area contributed by atoms with Crippen LogP contribution in [-0.4, -0.2) is 36.5 Å². The van der Waals surface area contributed by atoms with E-state index in [0.29, 0.717) is 13.0 Å². The van der Waals surface area contributed by atoms with Crippen LogP contribution in [0.2, 0.25) is 0 Å². The van der Waals surface area contributed by atoms with Crippen molar-refractivity contribution in [2.45, 2.75) is 70.3 Å². The van der Waals surface area contributed by atoms with E-state index in [2.05, 4.69) is 42.7 Å². The van der Waals surface area contributed by atoms with Gasteiger partial charge in [0.1, 0.15) is 0 Å². The lowest BCUT2D eigenvalue weighted by atomic mass is 9.71. The predicted molar refractivity (Wildman–Crippen MR) is 108 cm³/mol. The van der Waals surface area contributed by atoms with E-state index in [1.165, 1.54) is 24.0 Å². The molecule has 0 radical (unpaired) electrons. The minimum atomic E-state index is -0.182. The first-order valence-corrected chi connectivity index (χ1v) is 10.4. The van der Waals surface area contributed by atoms with Gasteiger partial charge in [-0.25, -0.2) is 4.79 Å². The van der Waals surface area contributed by atoms with Gasteiger partial charge in [-0.05, 0) is 42.2 Å². The number of urea groups is 1. The number of rotatable bonds is 4. The fourth-order valence-corrected chi connectivity index (χ4v) is 4.33. The van der Waals surface area contributed by atoms with Gasteiger partial charge < -0.3 is 15.5 Å². The van der Waals surface area contributed by atoms with Gasteiger partial charge in [0.05, 0.1) is 6.04 Å². The first-order valence-electron chi connectivity index (χ1n) is 10.4. The molecule has 1 aliphatic heterocycles. The molecular formula is C22H33N3O2. The monoisotopic (exact) mass is 371 g/mol. The molecule has 1 saturated heterocycles. The molecule has 0 spiro atoms. The highest BCUT2D eigenvalue weighted by Crippen LogP contribution is 2.41. The molecule has 1 aromatic carbocycles. The molecule has 148 valence electrons. The lowest BCUT2D eigenvalue weighted by molar-refractivity contribution is -0.131. The zero-order chi connectivity index (χ0) is 19.3. The lowest BCUT2D eigenvalue weighted by Crippen LogP contribution is -2.42. The summed E-state index contributed by atoms with van der Waals surface area (Å²) in [5, 5.41) is 5.97. The summed E-state index contributed by atoms with van der Waals surface area (Å²) in [7, 11) is 0. The Morgan fingerprint density at radius 3 is 2.56 bits per heavy atom. The Morgan fingerprint density at radius 1 is 1.11 bits per heavy atom. The topological polar surface area (TPSA) is 61.4 Å². The van der Waals surface area contributed by atoms with Crippen LogP contribution in [0.25, 0.3) is 0 Å². The molecule has 1 aromatic rings. The van der Waals surface area contributed by atoms with E-state index < -0.39 is 0 Å². The SMILES string of the molecule is CC1(C)CCC(NC(=O)NCCC(=O)N2CCCCCC2)c2ccccc21. The Balaban J connectivity index is 1.48. The van der Waals surface area contributed by atoms with Crippen LogP contribution >= 0.6 is 0 Å². The minimum Gasteiger partial charge on any atom is -0.343 e. The highest BCUT2D eigenvalue weighted by atomic mass is 16.2. The molecule has 3 amide bonds. The van der Waals surface area contributed by atoms with E-state index in [4.69, 9.17) is 0 Å². The number of hydrogen-bond donors (Lipinski definition) is 2. The van der Waals surface area contributed by atoms with E-state index in [9.17, 15) is 9.59 Å². The van der Waals surface area contributed by atoms with Crippen LogP contribution in [0.5, 0.6) is 0 Å². The summed E-state index contributed by atoms with van der Waals surface area (Å²) in [5.74, 6) is 0.155. The molecule has 1 heterocycles. The van der Waals surface area contributed by atoms with Gasteiger partial charge in [-0.3, -0.25) is 4.79 Å². The van der Waals surface area contributed by atoms with Gasteiger partial charge >= 0.3 is 6.03 Å². The number of carbonyl (C=O) groups excluding carboxylic acids is 2. The first-order chi connectivity index (χ1) is 13.0. The fourth-order valence-electron chi connectivity index (χ4n) is 4.33. The number of nitrogens with zero attached hydrogens (tertiary/aromatic N) is 1. The van der Waals surface area contributed by atoms with Gasteiger partial charge in [0.2, 0.25) is 5.91 Å². The summed E-state index contributed by atoms with van der Waals surface area (Å²) in [6.45, 7) is 6.63. The van der Waals surface area contributed by atoms with Crippen LogP contribution in [0.1, 0.15) is 76.0 Å². The van der Waals surface area contributed by atoms with E-state index in [-0.39, 0.29) is 23.4 Å². The second-order valence-corrected chi connectivity index (χ2v) is 8.51. The van der Waals surface area contributed by atoms with Gasteiger partial charge in [-0.1, -0.05) is 51.0 Å². The molecular weight excluding hydrogens is 338 g/mol. The Labute approximate surface area is 162 Å². The van der Waals surface area contributed by atoms with Gasteiger partial charge in [0.25, 0.3) is 0 Å². The average Bonchev–Trinajstić information content (AvgIpc) is 2.94. The van der Waals surface area contributed by atoms with E-state index >= 15 is 0 Å². The molecule has 0 saturated carbocycles. The molecule has 1 atom stereocenters. The molecule has 1 unspecified atom stereocenters. The summed E-state index contributed by atoms with van der Waals surface area (Å²) in [6.07, 6.45) is 6.97. The predicted octanol–water partition coefficient (Wildman–Crippen LogP) is 3.89. The second kappa shape index (κ2) is 8.77. The first kappa shape index (κ1) is 19.7. The van der Waals surface area contributed by atoms with Crippen molar-refractivity contribution in [1.29, 1.82) is 0 Å². The summed E-state index contributed by atoms with van der Waals surface area (Å²) in [6, 6.07) is 8.24. The molecule has 0 aromatic heterocycles. The molecule has 2 N–H and O–H groups in total. The summed E-state index contributed by atoms with van der Waals surface area (Å²) in [4.78, 5) is 26.6. The number of nitrogens with one attached hydrogen (secondary N) is 2. The van der Waals surface area contributed by atoms with E-state index in [1.54, 1.807) is 0 Å². The van der Waals surface area contributed by atoms with E-state index in [1.807, 2.05) is 11.0 Å². The molecule has 1 fully saturated rings. The third-order valence-electron chi connectivity index (χ3n) is 6.01. The minimum absolute atomic E-state index is 0.0375. The summed E-state index contributed by atoms with van der Waals surface area (Å²) in [5.41, 5.74) is 2.67. The van der Waals surface area contributed by atoms with Crippen LogP contribution in [0, 0.1) is 0 Å². The average molecular weight is 372 g/mol. The van der Waals surface area contributed by atoms with Crippen molar-refractivity contribution >= 4 is 11.9 Å². The van der Waals surface area contributed by atoms with E-state index in [0.717, 1.165) is 38.8 Å². The van der Waals surface area contributed by atoms with Gasteiger partial charge in [-0.2, -0.15) is 0 Å². The van der Waals surface area contributed by atoms with Gasteiger partial charge in [0.15, 0.2) is 0 Å². The fraction of sp³-hybridized carbons (Fsp3) is 0.636. The maximum Gasteiger partial charge on any atom is 0.315 e. The highest BCUT2D eigenvalue weighted by Gasteiger charge is 2.32. The number of likely N-dealkylation sites (tertiary alicyclic amines) is 1. The van der Waals surface area contributed by atoms with Crippen LogP contribution in [-0.2, 0) is 10.2 Å². The molecule has 2 aliphatic rings.